The predicted octanol–water partition coefficient (Wildman–Crippen LogP) is 3.50. The van der Waals surface area contributed by atoms with E-state index in [1.807, 2.05) is 12.1 Å². The van der Waals surface area contributed by atoms with Crippen LogP contribution in [0, 0.1) is 16.0 Å². The second-order valence-corrected chi connectivity index (χ2v) is 7.49. The van der Waals surface area contributed by atoms with E-state index < -0.39 is 4.92 Å². The highest BCUT2D eigenvalue weighted by atomic mass is 16.6. The average Bonchev–Trinajstić information content (AvgIpc) is 3.23. The number of carbonyl (C=O) groups is 1. The Bertz CT molecular complexity index is 1020. The van der Waals surface area contributed by atoms with Crippen molar-refractivity contribution in [2.45, 2.75) is 18.4 Å². The standard InChI is InChI=1S/C22H23N3O5/c1-30-11-10-23-22(27)17-7-3-6-15-14-4-2-5-16(14)21(24-20(15)17)18-12-13(25(28)29)8-9-19(18)26/h2-4,6-9,12,14,16,21,24,26H,5,10-11H2,1H3,(H,23,27). The van der Waals surface area contributed by atoms with E-state index in [1.54, 1.807) is 13.2 Å². The van der Waals surface area contributed by atoms with Crippen LogP contribution in [0.5, 0.6) is 5.75 Å². The molecule has 0 spiro atoms. The number of nitrogens with zero attached hydrogens (tertiary/aromatic N) is 1. The number of phenols is 1. The summed E-state index contributed by atoms with van der Waals surface area (Å²) in [6.07, 6.45) is 4.96. The van der Waals surface area contributed by atoms with Gasteiger partial charge in [0.15, 0.2) is 0 Å². The maximum Gasteiger partial charge on any atom is 0.270 e. The Labute approximate surface area is 173 Å². The third kappa shape index (κ3) is 3.50. The summed E-state index contributed by atoms with van der Waals surface area (Å²) >= 11 is 0. The number of hydrogen-bond donors (Lipinski definition) is 3. The monoisotopic (exact) mass is 409 g/mol. The molecule has 1 amide bonds. The fourth-order valence-electron chi connectivity index (χ4n) is 4.38. The predicted molar refractivity (Wildman–Crippen MR) is 112 cm³/mol. The van der Waals surface area contributed by atoms with E-state index in [-0.39, 0.29) is 35.2 Å². The van der Waals surface area contributed by atoms with Crippen LogP contribution in [0.4, 0.5) is 11.4 Å². The highest BCUT2D eigenvalue weighted by Gasteiger charge is 2.40. The number of para-hydroxylation sites is 1. The van der Waals surface area contributed by atoms with E-state index >= 15 is 0 Å². The molecule has 0 saturated carbocycles. The van der Waals surface area contributed by atoms with Crippen molar-refractivity contribution in [3.05, 3.63) is 75.4 Å². The molecule has 0 radical (unpaired) electrons. The molecular weight excluding hydrogens is 386 g/mol. The van der Waals surface area contributed by atoms with Crippen LogP contribution in [0.25, 0.3) is 0 Å². The Kier molecular flexibility index (Phi) is 5.41. The Morgan fingerprint density at radius 2 is 2.17 bits per heavy atom. The zero-order valence-electron chi connectivity index (χ0n) is 16.5. The van der Waals surface area contributed by atoms with E-state index in [0.717, 1.165) is 12.0 Å². The highest BCUT2D eigenvalue weighted by molar-refractivity contribution is 6.00. The average molecular weight is 409 g/mol. The lowest BCUT2D eigenvalue weighted by molar-refractivity contribution is -0.385. The molecule has 8 nitrogen and oxygen atoms in total. The Balaban J connectivity index is 1.75. The van der Waals surface area contributed by atoms with Gasteiger partial charge in [-0.3, -0.25) is 14.9 Å². The summed E-state index contributed by atoms with van der Waals surface area (Å²) in [4.78, 5) is 23.6. The maximum atomic E-state index is 12.8. The Hall–Kier alpha value is -3.39. The van der Waals surface area contributed by atoms with Crippen LogP contribution < -0.4 is 10.6 Å². The van der Waals surface area contributed by atoms with Crippen molar-refractivity contribution in [1.29, 1.82) is 0 Å². The topological polar surface area (TPSA) is 114 Å². The maximum absolute atomic E-state index is 12.8. The minimum atomic E-state index is -0.473. The number of nitro benzene ring substituents is 1. The first-order chi connectivity index (χ1) is 14.5. The molecule has 30 heavy (non-hydrogen) atoms. The van der Waals surface area contributed by atoms with Crippen molar-refractivity contribution in [2.75, 3.05) is 25.6 Å². The van der Waals surface area contributed by atoms with Crippen molar-refractivity contribution in [3.8, 4) is 5.75 Å². The molecule has 0 saturated heterocycles. The van der Waals surface area contributed by atoms with Crippen LogP contribution >= 0.6 is 0 Å². The number of ether oxygens (including phenoxy) is 1. The van der Waals surface area contributed by atoms with Gasteiger partial charge in [-0.1, -0.05) is 24.3 Å². The van der Waals surface area contributed by atoms with Gasteiger partial charge in [-0.05, 0) is 30.0 Å². The highest BCUT2D eigenvalue weighted by Crippen LogP contribution is 2.52. The molecule has 3 atom stereocenters. The summed E-state index contributed by atoms with van der Waals surface area (Å²) in [5.41, 5.74) is 2.58. The number of methoxy groups -OCH3 is 1. The molecule has 3 unspecified atom stereocenters. The van der Waals surface area contributed by atoms with Crippen LogP contribution in [0.15, 0.2) is 48.6 Å². The summed E-state index contributed by atoms with van der Waals surface area (Å²) in [6.45, 7) is 0.797. The van der Waals surface area contributed by atoms with Gasteiger partial charge in [0, 0.05) is 37.3 Å². The van der Waals surface area contributed by atoms with Gasteiger partial charge in [0.05, 0.1) is 28.8 Å². The molecule has 2 aliphatic rings. The number of rotatable bonds is 6. The smallest absolute Gasteiger partial charge is 0.270 e. The van der Waals surface area contributed by atoms with Crippen molar-refractivity contribution >= 4 is 17.3 Å². The second-order valence-electron chi connectivity index (χ2n) is 7.49. The van der Waals surface area contributed by atoms with Crippen molar-refractivity contribution in [1.82, 2.24) is 5.32 Å². The fourth-order valence-corrected chi connectivity index (χ4v) is 4.38. The molecule has 2 aromatic carbocycles. The zero-order chi connectivity index (χ0) is 21.3. The molecule has 0 bridgehead atoms. The number of nitrogens with one attached hydrogen (secondary N) is 2. The zero-order valence-corrected chi connectivity index (χ0v) is 16.5. The van der Waals surface area contributed by atoms with Gasteiger partial charge in [-0.2, -0.15) is 0 Å². The number of anilines is 1. The van der Waals surface area contributed by atoms with Crippen molar-refractivity contribution < 1.29 is 19.6 Å². The number of carbonyl (C=O) groups excluding carboxylic acids is 1. The number of non-ortho nitro benzene ring substituents is 1. The van der Waals surface area contributed by atoms with Gasteiger partial charge < -0.3 is 20.5 Å². The summed E-state index contributed by atoms with van der Waals surface area (Å²) in [5.74, 6) is -0.0955. The van der Waals surface area contributed by atoms with Gasteiger partial charge in [-0.25, -0.2) is 0 Å². The number of nitro groups is 1. The summed E-state index contributed by atoms with van der Waals surface area (Å²) in [5, 5.41) is 28.0. The van der Waals surface area contributed by atoms with Gasteiger partial charge in [-0.15, -0.1) is 0 Å². The molecule has 1 heterocycles. The number of benzene rings is 2. The lowest BCUT2D eigenvalue weighted by atomic mass is 9.76. The van der Waals surface area contributed by atoms with Gasteiger partial charge in [0.2, 0.25) is 0 Å². The number of amides is 1. The summed E-state index contributed by atoms with van der Waals surface area (Å²) < 4.78 is 4.99. The van der Waals surface area contributed by atoms with Crippen molar-refractivity contribution in [3.63, 3.8) is 0 Å². The fraction of sp³-hybridized carbons (Fsp3) is 0.318. The van der Waals surface area contributed by atoms with E-state index in [1.165, 1.54) is 18.2 Å². The summed E-state index contributed by atoms with van der Waals surface area (Å²) in [6, 6.07) is 9.28. The third-order valence-corrected chi connectivity index (χ3v) is 5.79. The molecule has 4 rings (SSSR count). The van der Waals surface area contributed by atoms with E-state index in [2.05, 4.69) is 22.8 Å². The number of allylic oxidation sites excluding steroid dienone is 2. The first-order valence-electron chi connectivity index (χ1n) is 9.81. The largest absolute Gasteiger partial charge is 0.508 e. The number of aromatic hydroxyl groups is 1. The number of fused-ring (bicyclic) bond motifs is 3. The van der Waals surface area contributed by atoms with E-state index in [0.29, 0.717) is 30.0 Å². The first kappa shape index (κ1) is 19.9. The SMILES string of the molecule is COCCNC(=O)c1cccc2c1NC(c1cc([N+](=O)[O-])ccc1O)C1CC=CC21. The lowest BCUT2D eigenvalue weighted by Crippen LogP contribution is -2.33. The first-order valence-corrected chi connectivity index (χ1v) is 9.81. The van der Waals surface area contributed by atoms with Crippen LogP contribution in [-0.4, -0.2) is 36.2 Å². The van der Waals surface area contributed by atoms with Gasteiger partial charge in [0.1, 0.15) is 5.75 Å². The molecule has 3 N–H and O–H groups in total. The lowest BCUT2D eigenvalue weighted by Gasteiger charge is -2.38. The second kappa shape index (κ2) is 8.16. The van der Waals surface area contributed by atoms with Gasteiger partial charge in [0.25, 0.3) is 11.6 Å². The molecule has 2 aromatic rings. The molecule has 1 aliphatic heterocycles. The molecule has 0 fully saturated rings. The van der Waals surface area contributed by atoms with Crippen molar-refractivity contribution in [2.24, 2.45) is 5.92 Å². The minimum Gasteiger partial charge on any atom is -0.508 e. The van der Waals surface area contributed by atoms with Crippen LogP contribution in [0.1, 0.15) is 39.9 Å². The molecule has 8 heteroatoms. The Morgan fingerprint density at radius 1 is 1.33 bits per heavy atom. The van der Waals surface area contributed by atoms with Crippen LogP contribution in [0.3, 0.4) is 0 Å². The van der Waals surface area contributed by atoms with E-state index in [4.69, 9.17) is 4.74 Å². The quantitative estimate of drug-likeness (QED) is 0.291. The molecular formula is C22H23N3O5. The molecule has 0 aromatic heterocycles. The minimum absolute atomic E-state index is 0.00535. The molecule has 1 aliphatic carbocycles. The summed E-state index contributed by atoms with van der Waals surface area (Å²) in [7, 11) is 1.57. The van der Waals surface area contributed by atoms with E-state index in [9.17, 15) is 20.0 Å². The Morgan fingerprint density at radius 3 is 2.93 bits per heavy atom. The third-order valence-electron chi connectivity index (χ3n) is 5.79. The number of phenolic OH excluding ortho intramolecular Hbond substituents is 1. The number of hydrogen-bond acceptors (Lipinski definition) is 6. The normalized spacial score (nSPS) is 21.4. The van der Waals surface area contributed by atoms with Crippen LogP contribution in [-0.2, 0) is 4.74 Å². The molecule has 156 valence electrons. The van der Waals surface area contributed by atoms with Gasteiger partial charge >= 0.3 is 0 Å². The van der Waals surface area contributed by atoms with Crippen LogP contribution in [0.2, 0.25) is 0 Å².